The number of nitrogens with one attached hydrogen (secondary N) is 1. The van der Waals surface area contributed by atoms with Gasteiger partial charge in [-0.05, 0) is 18.1 Å². The van der Waals surface area contributed by atoms with Crippen LogP contribution in [0.15, 0.2) is 64.2 Å². The van der Waals surface area contributed by atoms with Gasteiger partial charge in [0.15, 0.2) is 5.69 Å². The summed E-state index contributed by atoms with van der Waals surface area (Å²) in [4.78, 5) is 54.6. The average Bonchev–Trinajstić information content (AvgIpc) is 3.16. The molecule has 3 N–H and O–H groups in total. The lowest BCUT2D eigenvalue weighted by atomic mass is 10.0. The second-order valence-electron chi connectivity index (χ2n) is 8.14. The number of aromatic amines is 1. The van der Waals surface area contributed by atoms with Crippen molar-refractivity contribution in [3.05, 3.63) is 92.1 Å². The van der Waals surface area contributed by atoms with Gasteiger partial charge in [0.1, 0.15) is 11.9 Å². The minimum Gasteiger partial charge on any atom is -0.453 e. The number of fused-ring (bicyclic) bond motifs is 1. The second kappa shape index (κ2) is 10.4. The highest BCUT2D eigenvalue weighted by molar-refractivity contribution is 5.98. The minimum absolute atomic E-state index is 0.114. The number of aromatic nitrogens is 2. The number of cyclic esters (lactones) is 1. The number of hydrogen-bond acceptors (Lipinski definition) is 7. The number of carbonyl (C=O) groups excluding carboxylic acids is 2. The van der Waals surface area contributed by atoms with Gasteiger partial charge in [0.25, 0.3) is 5.56 Å². The molecule has 1 aromatic heterocycles. The van der Waals surface area contributed by atoms with Gasteiger partial charge in [0, 0.05) is 25.8 Å². The number of rotatable bonds is 9. The van der Waals surface area contributed by atoms with E-state index in [2.05, 4.69) is 4.98 Å². The molecule has 2 aromatic carbocycles. The van der Waals surface area contributed by atoms with Crippen LogP contribution in [0.5, 0.6) is 0 Å². The molecule has 10 nitrogen and oxygen atoms in total. The van der Waals surface area contributed by atoms with E-state index in [0.29, 0.717) is 24.2 Å². The summed E-state index contributed by atoms with van der Waals surface area (Å²) in [6, 6.07) is 16.0. The maximum atomic E-state index is 13.5. The maximum Gasteiger partial charge on any atom is 0.339 e. The van der Waals surface area contributed by atoms with Crippen LogP contribution in [0.3, 0.4) is 0 Å². The predicted octanol–water partition coefficient (Wildman–Crippen LogP) is 1.84. The first-order chi connectivity index (χ1) is 16.9. The van der Waals surface area contributed by atoms with Crippen LogP contribution in [-0.2, 0) is 20.8 Å². The first kappa shape index (κ1) is 24.0. The van der Waals surface area contributed by atoms with E-state index in [4.69, 9.17) is 15.2 Å². The van der Waals surface area contributed by atoms with Crippen LogP contribution in [0.2, 0.25) is 0 Å². The lowest BCUT2D eigenvalue weighted by Crippen LogP contribution is -2.42. The first-order valence-corrected chi connectivity index (χ1v) is 11.2. The summed E-state index contributed by atoms with van der Waals surface area (Å²) in [6.07, 6.45) is -0.557. The van der Waals surface area contributed by atoms with Crippen LogP contribution < -0.4 is 21.9 Å². The normalized spacial score (nSPS) is 14.4. The highest BCUT2D eigenvalue weighted by atomic mass is 16.5. The molecule has 0 saturated heterocycles. The Labute approximate surface area is 200 Å². The smallest absolute Gasteiger partial charge is 0.339 e. The fraction of sp³-hybridized carbons (Fsp3) is 0.280. The van der Waals surface area contributed by atoms with Crippen LogP contribution in [0.25, 0.3) is 0 Å². The lowest BCUT2D eigenvalue weighted by Gasteiger charge is -2.25. The van der Waals surface area contributed by atoms with Crippen LogP contribution in [0.1, 0.15) is 40.4 Å². The molecule has 0 radical (unpaired) electrons. The Morgan fingerprint density at radius 2 is 1.83 bits per heavy atom. The summed E-state index contributed by atoms with van der Waals surface area (Å²) >= 11 is 0. The maximum absolute atomic E-state index is 13.5. The second-order valence-corrected chi connectivity index (χ2v) is 8.14. The Morgan fingerprint density at radius 3 is 2.57 bits per heavy atom. The Bertz CT molecular complexity index is 1350. The predicted molar refractivity (Wildman–Crippen MR) is 129 cm³/mol. The van der Waals surface area contributed by atoms with E-state index in [-0.39, 0.29) is 31.0 Å². The zero-order chi connectivity index (χ0) is 24.9. The molecule has 0 aliphatic carbocycles. The number of ether oxygens (including phenoxy) is 2. The van der Waals surface area contributed by atoms with Gasteiger partial charge in [-0.2, -0.15) is 0 Å². The van der Waals surface area contributed by atoms with Gasteiger partial charge in [-0.3, -0.25) is 19.1 Å². The van der Waals surface area contributed by atoms with E-state index in [0.717, 1.165) is 5.56 Å². The molecule has 0 spiro atoms. The van der Waals surface area contributed by atoms with Crippen molar-refractivity contribution in [2.45, 2.75) is 25.5 Å². The van der Waals surface area contributed by atoms with Crippen molar-refractivity contribution in [2.75, 3.05) is 30.9 Å². The van der Waals surface area contributed by atoms with Crippen LogP contribution >= 0.6 is 0 Å². The lowest BCUT2D eigenvalue weighted by molar-refractivity contribution is -0.120. The van der Waals surface area contributed by atoms with Gasteiger partial charge in [0.2, 0.25) is 5.91 Å². The molecule has 182 valence electrons. The molecule has 1 atom stereocenters. The SMILES string of the molecule is COCCCN(C(=O)C[C@H]1OC(=O)c2ccccc21)c1c(N)n(Cc2ccccc2)c(=O)[nH]c1=O. The van der Waals surface area contributed by atoms with Crippen molar-refractivity contribution in [2.24, 2.45) is 0 Å². The van der Waals surface area contributed by atoms with E-state index < -0.39 is 29.2 Å². The van der Waals surface area contributed by atoms with Gasteiger partial charge >= 0.3 is 11.7 Å². The molecular weight excluding hydrogens is 452 g/mol. The molecule has 0 bridgehead atoms. The molecule has 2 heterocycles. The highest BCUT2D eigenvalue weighted by Gasteiger charge is 2.34. The number of esters is 1. The van der Waals surface area contributed by atoms with Crippen LogP contribution in [-0.4, -0.2) is 41.7 Å². The largest absolute Gasteiger partial charge is 0.453 e. The number of nitrogens with zero attached hydrogens (tertiary/aromatic N) is 2. The fourth-order valence-electron chi connectivity index (χ4n) is 4.13. The standard InChI is InChI=1S/C25H26N4O6/c1-34-13-7-12-28(20(30)14-19-17-10-5-6-11-18(17)24(32)35-19)21-22(26)29(25(33)27-23(21)31)15-16-8-3-2-4-9-16/h2-6,8-11,19H,7,12-15,26H2,1H3,(H,27,31,33)/t19-/m1/s1. The summed E-state index contributed by atoms with van der Waals surface area (Å²) in [5.41, 5.74) is 6.55. The van der Waals surface area contributed by atoms with Gasteiger partial charge < -0.3 is 20.1 Å². The third kappa shape index (κ3) is 5.02. The van der Waals surface area contributed by atoms with Crippen molar-refractivity contribution >= 4 is 23.4 Å². The number of nitrogen functional groups attached to an aromatic ring is 1. The van der Waals surface area contributed by atoms with Gasteiger partial charge in [-0.1, -0.05) is 48.5 Å². The number of hydrogen-bond donors (Lipinski definition) is 2. The van der Waals surface area contributed by atoms with Crippen molar-refractivity contribution in [3.63, 3.8) is 0 Å². The molecule has 10 heteroatoms. The van der Waals surface area contributed by atoms with Crippen molar-refractivity contribution in [3.8, 4) is 0 Å². The summed E-state index contributed by atoms with van der Waals surface area (Å²) in [5, 5.41) is 0. The molecule has 0 unspecified atom stereocenters. The van der Waals surface area contributed by atoms with Gasteiger partial charge in [0.05, 0.1) is 18.5 Å². The Hall–Kier alpha value is -4.18. The van der Waals surface area contributed by atoms with Gasteiger partial charge in [-0.25, -0.2) is 9.59 Å². The van der Waals surface area contributed by atoms with E-state index in [9.17, 15) is 19.2 Å². The number of nitrogens with two attached hydrogens (primary N) is 1. The zero-order valence-electron chi connectivity index (χ0n) is 19.2. The minimum atomic E-state index is -0.786. The van der Waals surface area contributed by atoms with E-state index in [1.165, 1.54) is 16.6 Å². The van der Waals surface area contributed by atoms with Crippen LogP contribution in [0.4, 0.5) is 11.5 Å². The van der Waals surface area contributed by atoms with Gasteiger partial charge in [-0.15, -0.1) is 0 Å². The summed E-state index contributed by atoms with van der Waals surface area (Å²) in [5.74, 6) is -1.10. The quantitative estimate of drug-likeness (QED) is 0.354. The number of anilines is 2. The highest BCUT2D eigenvalue weighted by Crippen LogP contribution is 2.34. The third-order valence-corrected chi connectivity index (χ3v) is 5.84. The summed E-state index contributed by atoms with van der Waals surface area (Å²) < 4.78 is 11.7. The molecule has 0 saturated carbocycles. The first-order valence-electron chi connectivity index (χ1n) is 11.2. The molecule has 4 rings (SSSR count). The van der Waals surface area contributed by atoms with Crippen molar-refractivity contribution in [1.82, 2.24) is 9.55 Å². The number of H-pyrrole nitrogens is 1. The molecular formula is C25H26N4O6. The topological polar surface area (TPSA) is 137 Å². The third-order valence-electron chi connectivity index (χ3n) is 5.84. The number of methoxy groups -OCH3 is 1. The van der Waals surface area contributed by atoms with E-state index in [1.54, 1.807) is 24.3 Å². The fourth-order valence-corrected chi connectivity index (χ4v) is 4.13. The molecule has 1 amide bonds. The molecule has 0 fully saturated rings. The van der Waals surface area contributed by atoms with Crippen molar-refractivity contribution in [1.29, 1.82) is 0 Å². The van der Waals surface area contributed by atoms with E-state index in [1.807, 2.05) is 30.3 Å². The zero-order valence-corrected chi connectivity index (χ0v) is 19.2. The molecule has 35 heavy (non-hydrogen) atoms. The number of amides is 1. The summed E-state index contributed by atoms with van der Waals surface area (Å²) in [6.45, 7) is 0.571. The monoisotopic (exact) mass is 478 g/mol. The summed E-state index contributed by atoms with van der Waals surface area (Å²) in [7, 11) is 1.53. The Morgan fingerprint density at radius 1 is 1.11 bits per heavy atom. The molecule has 1 aliphatic rings. The number of carbonyl (C=O) groups is 2. The van der Waals surface area contributed by atoms with Crippen molar-refractivity contribution < 1.29 is 19.1 Å². The van der Waals surface area contributed by atoms with E-state index >= 15 is 0 Å². The molecule has 3 aromatic rings. The molecule has 1 aliphatic heterocycles. The van der Waals surface area contributed by atoms with Crippen LogP contribution in [0, 0.1) is 0 Å². The average molecular weight is 479 g/mol. The number of benzene rings is 2. The Kier molecular flexibility index (Phi) is 7.11. The Balaban J connectivity index is 1.69.